The van der Waals surface area contributed by atoms with Crippen LogP contribution in [-0.2, 0) is 6.42 Å². The van der Waals surface area contributed by atoms with Gasteiger partial charge in [-0.2, -0.15) is 0 Å². The molecule has 0 atom stereocenters. The first-order chi connectivity index (χ1) is 16.5. The van der Waals surface area contributed by atoms with Crippen molar-refractivity contribution in [3.63, 3.8) is 0 Å². The Bertz CT molecular complexity index is 1350. The largest absolute Gasteiger partial charge is 0.478 e. The number of halogens is 2. The molecule has 0 amide bonds. The van der Waals surface area contributed by atoms with Gasteiger partial charge in [-0.05, 0) is 76.4 Å². The summed E-state index contributed by atoms with van der Waals surface area (Å²) in [6, 6.07) is 18.2. The van der Waals surface area contributed by atoms with Gasteiger partial charge < -0.3 is 9.52 Å². The molecule has 3 nitrogen and oxygen atoms in total. The van der Waals surface area contributed by atoms with E-state index in [4.69, 9.17) is 4.42 Å². The fraction of sp³-hybridized carbons (Fsp3) is 0.207. The Morgan fingerprint density at radius 2 is 1.79 bits per heavy atom. The van der Waals surface area contributed by atoms with Crippen molar-refractivity contribution in [1.82, 2.24) is 0 Å². The molecule has 0 aliphatic carbocycles. The van der Waals surface area contributed by atoms with Gasteiger partial charge in [-0.25, -0.2) is 9.18 Å². The molecule has 0 aliphatic heterocycles. The van der Waals surface area contributed by atoms with Gasteiger partial charge in [0, 0.05) is 14.5 Å². The maximum atomic E-state index is 13.4. The minimum absolute atomic E-state index is 0.0596. The predicted molar refractivity (Wildman–Crippen MR) is 145 cm³/mol. The van der Waals surface area contributed by atoms with Crippen molar-refractivity contribution in [2.75, 3.05) is 0 Å². The number of hydrogen-bond acceptors (Lipinski definition) is 2. The second kappa shape index (κ2) is 11.0. The van der Waals surface area contributed by atoms with Crippen LogP contribution >= 0.6 is 22.6 Å². The summed E-state index contributed by atoms with van der Waals surface area (Å²) in [7, 11) is 0. The van der Waals surface area contributed by atoms with Gasteiger partial charge >= 0.3 is 5.97 Å². The molecule has 3 aromatic carbocycles. The Balaban J connectivity index is 1.58. The Kier molecular flexibility index (Phi) is 7.83. The van der Waals surface area contributed by atoms with Gasteiger partial charge in [0.05, 0.1) is 5.56 Å². The second-order valence-corrected chi connectivity index (χ2v) is 9.53. The standard InChI is InChI=1S/C29H26FIO3/c1-2-3-4-5-7-21-8-6-9-23-17-27(34-28(21)23)22-13-12-20(26(31)16-22)11-10-19-14-15-24(30)18-25(19)29(32)33/h6,8-18H,2-5,7H2,1H3,(H,32,33)/b11-10+. The van der Waals surface area contributed by atoms with E-state index < -0.39 is 11.8 Å². The van der Waals surface area contributed by atoms with Crippen LogP contribution in [0.3, 0.4) is 0 Å². The molecule has 4 rings (SSSR count). The number of hydrogen-bond donors (Lipinski definition) is 1. The molecule has 34 heavy (non-hydrogen) atoms. The minimum atomic E-state index is -1.15. The first-order valence-electron chi connectivity index (χ1n) is 11.5. The van der Waals surface area contributed by atoms with Crippen molar-refractivity contribution in [3.05, 3.63) is 92.3 Å². The van der Waals surface area contributed by atoms with E-state index >= 15 is 0 Å². The molecule has 0 fully saturated rings. The lowest BCUT2D eigenvalue weighted by Gasteiger charge is -2.04. The number of para-hydroxylation sites is 1. The summed E-state index contributed by atoms with van der Waals surface area (Å²) >= 11 is 2.26. The van der Waals surface area contributed by atoms with Crippen LogP contribution in [0, 0.1) is 9.39 Å². The summed E-state index contributed by atoms with van der Waals surface area (Å²) in [6.45, 7) is 2.22. The molecule has 0 spiro atoms. The summed E-state index contributed by atoms with van der Waals surface area (Å²) in [4.78, 5) is 11.4. The van der Waals surface area contributed by atoms with Gasteiger partial charge in [0.25, 0.3) is 0 Å². The number of furan rings is 1. The maximum Gasteiger partial charge on any atom is 0.336 e. The first-order valence-corrected chi connectivity index (χ1v) is 12.6. The number of carbonyl (C=O) groups is 1. The predicted octanol–water partition coefficient (Wildman–Crippen LogP) is 8.83. The molecule has 0 aliphatic rings. The third-order valence-electron chi connectivity index (χ3n) is 5.90. The lowest BCUT2D eigenvalue weighted by molar-refractivity contribution is 0.0696. The van der Waals surface area contributed by atoms with Gasteiger partial charge in [0.1, 0.15) is 17.2 Å². The van der Waals surface area contributed by atoms with Crippen LogP contribution in [0.15, 0.2) is 65.1 Å². The molecule has 0 saturated carbocycles. The van der Waals surface area contributed by atoms with Crippen molar-refractivity contribution in [2.24, 2.45) is 0 Å². The Morgan fingerprint density at radius 1 is 1.00 bits per heavy atom. The highest BCUT2D eigenvalue weighted by Gasteiger charge is 2.12. The normalized spacial score (nSPS) is 11.5. The zero-order chi connectivity index (χ0) is 24.1. The van der Waals surface area contributed by atoms with Crippen molar-refractivity contribution < 1.29 is 18.7 Å². The first kappa shape index (κ1) is 24.2. The molecule has 0 saturated heterocycles. The number of aryl methyl sites for hydroxylation is 1. The van der Waals surface area contributed by atoms with Crippen LogP contribution in [0.1, 0.15) is 59.7 Å². The highest BCUT2D eigenvalue weighted by Crippen LogP contribution is 2.32. The SMILES string of the molecule is CCCCCCc1cccc2cc(-c3ccc(/C=C/c4ccc(F)cc4C(=O)O)c(I)c3)oc12. The summed E-state index contributed by atoms with van der Waals surface area (Å²) in [5.74, 6) is -0.890. The molecule has 1 heterocycles. The molecule has 0 bridgehead atoms. The summed E-state index contributed by atoms with van der Waals surface area (Å²) < 4.78 is 20.7. The molecule has 5 heteroatoms. The Labute approximate surface area is 212 Å². The summed E-state index contributed by atoms with van der Waals surface area (Å²) in [6.07, 6.45) is 9.46. The minimum Gasteiger partial charge on any atom is -0.478 e. The molecular weight excluding hydrogens is 542 g/mol. The van der Waals surface area contributed by atoms with Crippen LogP contribution < -0.4 is 0 Å². The van der Waals surface area contributed by atoms with E-state index in [-0.39, 0.29) is 5.56 Å². The van der Waals surface area contributed by atoms with E-state index in [0.29, 0.717) is 5.56 Å². The molecule has 0 unspecified atom stereocenters. The van der Waals surface area contributed by atoms with Gasteiger partial charge in [-0.15, -0.1) is 0 Å². The number of rotatable bonds is 9. The van der Waals surface area contributed by atoms with Gasteiger partial charge in [0.15, 0.2) is 0 Å². The molecule has 0 radical (unpaired) electrons. The molecule has 4 aromatic rings. The second-order valence-electron chi connectivity index (χ2n) is 8.36. The number of aromatic carboxylic acids is 1. The average Bonchev–Trinajstić information content (AvgIpc) is 3.27. The highest BCUT2D eigenvalue weighted by molar-refractivity contribution is 14.1. The van der Waals surface area contributed by atoms with Crippen LogP contribution in [0.2, 0.25) is 0 Å². The molecule has 1 aromatic heterocycles. The van der Waals surface area contributed by atoms with E-state index in [2.05, 4.69) is 59.8 Å². The third kappa shape index (κ3) is 5.58. The fourth-order valence-corrected chi connectivity index (χ4v) is 4.75. The Morgan fingerprint density at radius 3 is 2.56 bits per heavy atom. The maximum absolute atomic E-state index is 13.4. The Hall–Kier alpha value is -2.93. The zero-order valence-corrected chi connectivity index (χ0v) is 21.1. The van der Waals surface area contributed by atoms with Crippen molar-refractivity contribution in [1.29, 1.82) is 0 Å². The number of carboxylic acids is 1. The number of unbranched alkanes of at least 4 members (excludes halogenated alkanes) is 3. The molecule has 1 N–H and O–H groups in total. The van der Waals surface area contributed by atoms with E-state index in [1.165, 1.54) is 43.4 Å². The summed E-state index contributed by atoms with van der Waals surface area (Å²) in [5.41, 5.74) is 4.54. The van der Waals surface area contributed by atoms with Crippen LogP contribution in [0.25, 0.3) is 34.4 Å². The quantitative estimate of drug-likeness (QED) is 0.125. The molecular formula is C29H26FIO3. The fourth-order valence-electron chi connectivity index (χ4n) is 4.06. The topological polar surface area (TPSA) is 50.4 Å². The van der Waals surface area contributed by atoms with Crippen molar-refractivity contribution in [2.45, 2.75) is 39.0 Å². The van der Waals surface area contributed by atoms with Crippen LogP contribution in [0.5, 0.6) is 0 Å². The van der Waals surface area contributed by atoms with Crippen molar-refractivity contribution >= 4 is 51.7 Å². The van der Waals surface area contributed by atoms with Gasteiger partial charge in [-0.1, -0.05) is 74.7 Å². The average molecular weight is 568 g/mol. The monoisotopic (exact) mass is 568 g/mol. The van der Waals surface area contributed by atoms with Crippen LogP contribution in [-0.4, -0.2) is 11.1 Å². The van der Waals surface area contributed by atoms with Crippen molar-refractivity contribution in [3.8, 4) is 11.3 Å². The third-order valence-corrected chi connectivity index (χ3v) is 6.83. The highest BCUT2D eigenvalue weighted by atomic mass is 127. The number of fused-ring (bicyclic) bond motifs is 1. The van der Waals surface area contributed by atoms with E-state index in [9.17, 15) is 14.3 Å². The number of carboxylic acid groups (broad SMARTS) is 1. The molecule has 174 valence electrons. The lowest BCUT2D eigenvalue weighted by Crippen LogP contribution is -2.00. The van der Waals surface area contributed by atoms with E-state index in [1.807, 2.05) is 18.2 Å². The van der Waals surface area contributed by atoms with Crippen LogP contribution in [0.4, 0.5) is 4.39 Å². The number of benzene rings is 3. The smallest absolute Gasteiger partial charge is 0.336 e. The van der Waals surface area contributed by atoms with Gasteiger partial charge in [-0.3, -0.25) is 0 Å². The lowest BCUT2D eigenvalue weighted by atomic mass is 10.0. The van der Waals surface area contributed by atoms with E-state index in [1.54, 1.807) is 6.08 Å². The zero-order valence-electron chi connectivity index (χ0n) is 19.0. The summed E-state index contributed by atoms with van der Waals surface area (Å²) in [5, 5.41) is 10.5. The van der Waals surface area contributed by atoms with E-state index in [0.717, 1.165) is 43.9 Å². The van der Waals surface area contributed by atoms with Gasteiger partial charge in [0.2, 0.25) is 0 Å².